The predicted octanol–water partition coefficient (Wildman–Crippen LogP) is 4.51. The number of aromatic nitrogens is 1. The summed E-state index contributed by atoms with van der Waals surface area (Å²) >= 11 is 1.58. The van der Waals surface area contributed by atoms with Crippen molar-refractivity contribution in [2.24, 2.45) is 0 Å². The number of thiazole rings is 1. The van der Waals surface area contributed by atoms with E-state index in [0.29, 0.717) is 0 Å². The number of rotatable bonds is 2. The smallest absolute Gasteiger partial charge is 0.274 e. The third-order valence-corrected chi connectivity index (χ3v) is 5.07. The van der Waals surface area contributed by atoms with Gasteiger partial charge in [-0.05, 0) is 39.8 Å². The van der Waals surface area contributed by atoms with Gasteiger partial charge in [0, 0.05) is 23.9 Å². The maximum absolute atomic E-state index is 10.3. The van der Waals surface area contributed by atoms with Crippen molar-refractivity contribution in [1.82, 2.24) is 10.0 Å². The lowest BCUT2D eigenvalue weighted by Crippen LogP contribution is -2.61. The van der Waals surface area contributed by atoms with Gasteiger partial charge < -0.3 is 9.94 Å². The van der Waals surface area contributed by atoms with Crippen LogP contribution in [0.3, 0.4) is 0 Å². The van der Waals surface area contributed by atoms with E-state index in [1.54, 1.807) is 11.3 Å². The zero-order valence-electron chi connectivity index (χ0n) is 13.4. The van der Waals surface area contributed by atoms with E-state index in [-0.39, 0.29) is 29.6 Å². The number of para-hydroxylation sites is 1. The summed E-state index contributed by atoms with van der Waals surface area (Å²) in [5, 5.41) is 12.5. The Morgan fingerprint density at radius 3 is 2.36 bits per heavy atom. The fraction of sp³-hybridized carbons (Fsp3) is 0.562. The van der Waals surface area contributed by atoms with Crippen molar-refractivity contribution < 1.29 is 9.94 Å². The predicted molar refractivity (Wildman–Crippen MR) is 92.3 cm³/mol. The molecular weight excluding hydrogens is 320 g/mol. The number of nitrogens with zero attached hydrogens (tertiary/aromatic N) is 2. The van der Waals surface area contributed by atoms with Crippen molar-refractivity contribution in [2.45, 2.75) is 57.7 Å². The molecule has 0 atom stereocenters. The molecule has 0 saturated carbocycles. The highest BCUT2D eigenvalue weighted by Crippen LogP contribution is 2.39. The van der Waals surface area contributed by atoms with Gasteiger partial charge in [-0.1, -0.05) is 23.5 Å². The summed E-state index contributed by atoms with van der Waals surface area (Å²) in [6, 6.07) is 8.07. The standard InChI is InChI=1S/C16H22N2O2S.ClH/c1-15(2)9-11(10-16(3,4)18(15)19)20-14-17-12-7-5-6-8-13(12)21-14;/h5-8,11,19H,9-10H2,1-4H3;1H. The second-order valence-corrected chi connectivity index (χ2v) is 8.03. The Bertz CT molecular complexity index is 605. The molecule has 6 heteroatoms. The highest BCUT2D eigenvalue weighted by Gasteiger charge is 2.46. The van der Waals surface area contributed by atoms with E-state index in [0.717, 1.165) is 28.3 Å². The fourth-order valence-electron chi connectivity index (χ4n) is 3.31. The molecule has 2 heterocycles. The molecule has 2 aromatic rings. The average molecular weight is 343 g/mol. The first-order valence-corrected chi connectivity index (χ1v) is 8.11. The molecule has 0 unspecified atom stereocenters. The SMILES string of the molecule is CC1(C)CC(Oc2nc3ccccc3s2)CC(C)(C)N1O.Cl. The van der Waals surface area contributed by atoms with Crippen LogP contribution in [0.1, 0.15) is 40.5 Å². The molecule has 0 spiro atoms. The number of fused-ring (bicyclic) bond motifs is 1. The van der Waals surface area contributed by atoms with Gasteiger partial charge in [0.25, 0.3) is 5.19 Å². The summed E-state index contributed by atoms with van der Waals surface area (Å²) < 4.78 is 7.27. The lowest BCUT2D eigenvalue weighted by molar-refractivity contribution is -0.254. The number of hydroxylamine groups is 2. The van der Waals surface area contributed by atoms with Crippen molar-refractivity contribution in [3.63, 3.8) is 0 Å². The van der Waals surface area contributed by atoms with Gasteiger partial charge in [0.2, 0.25) is 0 Å². The lowest BCUT2D eigenvalue weighted by Gasteiger charge is -2.50. The van der Waals surface area contributed by atoms with E-state index < -0.39 is 0 Å². The fourth-order valence-corrected chi connectivity index (χ4v) is 4.19. The summed E-state index contributed by atoms with van der Waals surface area (Å²) in [6.45, 7) is 8.18. The van der Waals surface area contributed by atoms with Crippen LogP contribution in [-0.2, 0) is 0 Å². The Morgan fingerprint density at radius 2 is 1.77 bits per heavy atom. The monoisotopic (exact) mass is 342 g/mol. The van der Waals surface area contributed by atoms with Gasteiger partial charge in [-0.15, -0.1) is 12.4 Å². The maximum atomic E-state index is 10.3. The molecule has 0 aliphatic carbocycles. The molecule has 4 nitrogen and oxygen atoms in total. The topological polar surface area (TPSA) is 45.6 Å². The van der Waals surface area contributed by atoms with Gasteiger partial charge in [-0.2, -0.15) is 5.06 Å². The quantitative estimate of drug-likeness (QED) is 0.872. The first-order chi connectivity index (χ1) is 9.78. The number of piperidine rings is 1. The van der Waals surface area contributed by atoms with E-state index in [9.17, 15) is 5.21 Å². The second-order valence-electron chi connectivity index (χ2n) is 7.03. The van der Waals surface area contributed by atoms with Crippen molar-refractivity contribution >= 4 is 34.0 Å². The lowest BCUT2D eigenvalue weighted by atomic mass is 9.80. The molecule has 1 aromatic carbocycles. The molecule has 0 radical (unpaired) electrons. The van der Waals surface area contributed by atoms with Gasteiger partial charge in [0.15, 0.2) is 0 Å². The van der Waals surface area contributed by atoms with Crippen LogP contribution in [0.5, 0.6) is 5.19 Å². The van der Waals surface area contributed by atoms with Crippen LogP contribution >= 0.6 is 23.7 Å². The van der Waals surface area contributed by atoms with E-state index in [1.165, 1.54) is 5.06 Å². The zero-order valence-corrected chi connectivity index (χ0v) is 15.0. The summed E-state index contributed by atoms with van der Waals surface area (Å²) in [6.07, 6.45) is 1.63. The van der Waals surface area contributed by atoms with E-state index in [2.05, 4.69) is 11.1 Å². The second kappa shape index (κ2) is 5.96. The van der Waals surface area contributed by atoms with Crippen molar-refractivity contribution in [1.29, 1.82) is 0 Å². The zero-order chi connectivity index (χ0) is 15.3. The first kappa shape index (κ1) is 17.5. The molecule has 1 aliphatic rings. The van der Waals surface area contributed by atoms with E-state index >= 15 is 0 Å². The van der Waals surface area contributed by atoms with Gasteiger partial charge in [0.05, 0.1) is 10.2 Å². The van der Waals surface area contributed by atoms with Gasteiger partial charge >= 0.3 is 0 Å². The number of halogens is 1. The Kier molecular flexibility index (Phi) is 4.74. The third-order valence-electron chi connectivity index (χ3n) is 4.14. The highest BCUT2D eigenvalue weighted by molar-refractivity contribution is 7.20. The van der Waals surface area contributed by atoms with E-state index in [1.807, 2.05) is 45.9 Å². The van der Waals surface area contributed by atoms with Crippen LogP contribution in [0.2, 0.25) is 0 Å². The molecule has 22 heavy (non-hydrogen) atoms. The molecule has 1 fully saturated rings. The highest BCUT2D eigenvalue weighted by atomic mass is 35.5. The van der Waals surface area contributed by atoms with Crippen LogP contribution in [0.25, 0.3) is 10.2 Å². The molecule has 122 valence electrons. The Morgan fingerprint density at radius 1 is 1.18 bits per heavy atom. The van der Waals surface area contributed by atoms with Crippen LogP contribution in [-0.4, -0.2) is 32.4 Å². The minimum absolute atomic E-state index is 0. The minimum Gasteiger partial charge on any atom is -0.467 e. The first-order valence-electron chi connectivity index (χ1n) is 7.29. The number of hydrogen-bond donors (Lipinski definition) is 1. The molecule has 0 amide bonds. The molecule has 3 rings (SSSR count). The number of hydrogen-bond acceptors (Lipinski definition) is 5. The summed E-state index contributed by atoms with van der Waals surface area (Å²) in [7, 11) is 0. The van der Waals surface area contributed by atoms with Crippen LogP contribution in [0.15, 0.2) is 24.3 Å². The van der Waals surface area contributed by atoms with Gasteiger partial charge in [-0.25, -0.2) is 4.98 Å². The maximum Gasteiger partial charge on any atom is 0.274 e. The molecule has 1 N–H and O–H groups in total. The summed E-state index contributed by atoms with van der Waals surface area (Å²) in [5.74, 6) is 0. The summed E-state index contributed by atoms with van der Waals surface area (Å²) in [5.41, 5.74) is 0.377. The van der Waals surface area contributed by atoms with Crippen molar-refractivity contribution in [2.75, 3.05) is 0 Å². The van der Waals surface area contributed by atoms with Gasteiger partial charge in [-0.3, -0.25) is 0 Å². The Labute approximate surface area is 141 Å². The summed E-state index contributed by atoms with van der Waals surface area (Å²) in [4.78, 5) is 4.54. The molecule has 1 aromatic heterocycles. The molecule has 1 aliphatic heterocycles. The van der Waals surface area contributed by atoms with Crippen molar-refractivity contribution in [3.05, 3.63) is 24.3 Å². The molecule has 1 saturated heterocycles. The molecular formula is C16H23ClN2O2S. The average Bonchev–Trinajstić information content (AvgIpc) is 2.77. The van der Waals surface area contributed by atoms with Crippen LogP contribution < -0.4 is 4.74 Å². The normalized spacial score (nSPS) is 21.5. The van der Waals surface area contributed by atoms with Gasteiger partial charge in [0.1, 0.15) is 6.10 Å². The minimum atomic E-state index is -0.302. The Balaban J connectivity index is 0.00000176. The van der Waals surface area contributed by atoms with E-state index in [4.69, 9.17) is 4.74 Å². The Hall–Kier alpha value is -0.880. The number of benzene rings is 1. The van der Waals surface area contributed by atoms with Crippen LogP contribution in [0, 0.1) is 0 Å². The molecule has 0 bridgehead atoms. The van der Waals surface area contributed by atoms with Crippen LogP contribution in [0.4, 0.5) is 0 Å². The largest absolute Gasteiger partial charge is 0.467 e. The third kappa shape index (κ3) is 3.23. The number of ether oxygens (including phenoxy) is 1. The van der Waals surface area contributed by atoms with Crippen molar-refractivity contribution in [3.8, 4) is 5.19 Å².